The number of pyridine rings is 1. The van der Waals surface area contributed by atoms with Crippen LogP contribution in [0.4, 0.5) is 0 Å². The minimum absolute atomic E-state index is 0.0369. The van der Waals surface area contributed by atoms with Crippen molar-refractivity contribution in [3.63, 3.8) is 0 Å². The topological polar surface area (TPSA) is 92.2 Å². The molecular formula is C18H20N4O3. The van der Waals surface area contributed by atoms with E-state index in [1.165, 1.54) is 0 Å². The van der Waals surface area contributed by atoms with E-state index < -0.39 is 0 Å². The third-order valence-electron chi connectivity index (χ3n) is 4.47. The third kappa shape index (κ3) is 3.79. The average Bonchev–Trinajstić information content (AvgIpc) is 2.94. The Morgan fingerprint density at radius 3 is 2.84 bits per heavy atom. The van der Waals surface area contributed by atoms with Crippen molar-refractivity contribution in [2.24, 2.45) is 0 Å². The van der Waals surface area contributed by atoms with Gasteiger partial charge >= 0.3 is 0 Å². The van der Waals surface area contributed by atoms with Gasteiger partial charge in [0.15, 0.2) is 0 Å². The predicted molar refractivity (Wildman–Crippen MR) is 88.9 cm³/mol. The van der Waals surface area contributed by atoms with E-state index in [0.717, 1.165) is 24.1 Å². The number of hydrogen-bond acceptors (Lipinski definition) is 6. The number of carbonyl (C=O) groups is 1. The molecule has 2 aromatic heterocycles. The van der Waals surface area contributed by atoms with Crippen molar-refractivity contribution in [1.82, 2.24) is 15.0 Å². The summed E-state index contributed by atoms with van der Waals surface area (Å²) in [5.74, 6) is 1.14. The molecule has 1 amide bonds. The Labute approximate surface area is 146 Å². The van der Waals surface area contributed by atoms with E-state index in [9.17, 15) is 4.79 Å². The van der Waals surface area contributed by atoms with Gasteiger partial charge in [0.1, 0.15) is 23.5 Å². The molecule has 130 valence electrons. The first kappa shape index (κ1) is 17.0. The molecule has 1 saturated heterocycles. The Kier molecular flexibility index (Phi) is 4.98. The average molecular weight is 340 g/mol. The van der Waals surface area contributed by atoms with Gasteiger partial charge in [-0.1, -0.05) is 5.16 Å². The molecule has 3 rings (SSSR count). The van der Waals surface area contributed by atoms with Gasteiger partial charge in [0.05, 0.1) is 12.1 Å². The molecule has 0 radical (unpaired) electrons. The van der Waals surface area contributed by atoms with Crippen LogP contribution in [0.3, 0.4) is 0 Å². The monoisotopic (exact) mass is 340 g/mol. The summed E-state index contributed by atoms with van der Waals surface area (Å²) in [4.78, 5) is 18.5. The van der Waals surface area contributed by atoms with E-state index in [1.807, 2.05) is 18.7 Å². The van der Waals surface area contributed by atoms with E-state index in [1.54, 1.807) is 18.3 Å². The summed E-state index contributed by atoms with van der Waals surface area (Å²) in [6.07, 6.45) is 3.32. The molecule has 1 aliphatic rings. The summed E-state index contributed by atoms with van der Waals surface area (Å²) >= 11 is 0. The second-order valence-corrected chi connectivity index (χ2v) is 6.15. The zero-order valence-electron chi connectivity index (χ0n) is 14.4. The molecule has 0 bridgehead atoms. The largest absolute Gasteiger partial charge is 0.473 e. The minimum Gasteiger partial charge on any atom is -0.473 e. The van der Waals surface area contributed by atoms with Gasteiger partial charge in [0, 0.05) is 37.7 Å². The second kappa shape index (κ2) is 7.34. The third-order valence-corrected chi connectivity index (χ3v) is 4.47. The van der Waals surface area contributed by atoms with Crippen molar-refractivity contribution < 1.29 is 14.1 Å². The van der Waals surface area contributed by atoms with E-state index in [2.05, 4.69) is 16.2 Å². The number of amides is 1. The first-order valence-corrected chi connectivity index (χ1v) is 8.29. The fourth-order valence-corrected chi connectivity index (χ4v) is 2.97. The van der Waals surface area contributed by atoms with Crippen LogP contribution in [0, 0.1) is 25.2 Å². The van der Waals surface area contributed by atoms with Crippen LogP contribution in [0.15, 0.2) is 22.9 Å². The zero-order valence-corrected chi connectivity index (χ0v) is 14.4. The Bertz CT molecular complexity index is 781. The number of likely N-dealkylation sites (tertiary alicyclic amines) is 1. The quantitative estimate of drug-likeness (QED) is 0.847. The number of nitriles is 1. The van der Waals surface area contributed by atoms with Crippen molar-refractivity contribution in [3.05, 3.63) is 40.9 Å². The number of piperidine rings is 1. The molecule has 0 aliphatic carbocycles. The molecule has 3 heterocycles. The molecule has 0 N–H and O–H groups in total. The van der Waals surface area contributed by atoms with Gasteiger partial charge in [-0.05, 0) is 26.0 Å². The number of rotatable bonds is 4. The first-order valence-electron chi connectivity index (χ1n) is 8.29. The fourth-order valence-electron chi connectivity index (χ4n) is 2.97. The maximum Gasteiger partial charge on any atom is 0.231 e. The lowest BCUT2D eigenvalue weighted by Gasteiger charge is -2.32. The van der Waals surface area contributed by atoms with Crippen LogP contribution in [0.2, 0.25) is 0 Å². The minimum atomic E-state index is -0.0369. The molecular weight excluding hydrogens is 320 g/mol. The van der Waals surface area contributed by atoms with Gasteiger partial charge in [-0.25, -0.2) is 4.98 Å². The molecule has 1 fully saturated rings. The zero-order chi connectivity index (χ0) is 17.8. The lowest BCUT2D eigenvalue weighted by atomic mass is 10.1. The van der Waals surface area contributed by atoms with Crippen LogP contribution in [0.1, 0.15) is 35.4 Å². The smallest absolute Gasteiger partial charge is 0.231 e. The van der Waals surface area contributed by atoms with Crippen molar-refractivity contribution in [1.29, 1.82) is 5.26 Å². The number of aryl methyl sites for hydroxylation is 2. The lowest BCUT2D eigenvalue weighted by Crippen LogP contribution is -2.42. The number of ether oxygens (including phenoxy) is 1. The molecule has 1 aliphatic heterocycles. The molecule has 0 saturated carbocycles. The molecule has 0 aromatic carbocycles. The SMILES string of the molecule is Cc1noc(C)c1CC(=O)N1CCC(Oc2ncccc2C#N)CC1. The van der Waals surface area contributed by atoms with Gasteiger partial charge < -0.3 is 14.2 Å². The van der Waals surface area contributed by atoms with Crippen LogP contribution >= 0.6 is 0 Å². The summed E-state index contributed by atoms with van der Waals surface area (Å²) in [5.41, 5.74) is 2.07. The molecule has 0 atom stereocenters. The van der Waals surface area contributed by atoms with Gasteiger partial charge in [0.25, 0.3) is 0 Å². The number of nitrogens with zero attached hydrogens (tertiary/aromatic N) is 4. The number of hydrogen-bond donors (Lipinski definition) is 0. The van der Waals surface area contributed by atoms with Crippen molar-refractivity contribution in [2.75, 3.05) is 13.1 Å². The Hall–Kier alpha value is -2.88. The second-order valence-electron chi connectivity index (χ2n) is 6.15. The first-order chi connectivity index (χ1) is 12.1. The molecule has 0 unspecified atom stereocenters. The molecule has 25 heavy (non-hydrogen) atoms. The van der Waals surface area contributed by atoms with Gasteiger partial charge in [-0.15, -0.1) is 0 Å². The van der Waals surface area contributed by atoms with Gasteiger partial charge in [0.2, 0.25) is 11.8 Å². The fraction of sp³-hybridized carbons (Fsp3) is 0.444. The van der Waals surface area contributed by atoms with E-state index in [-0.39, 0.29) is 12.0 Å². The summed E-state index contributed by atoms with van der Waals surface area (Å²) < 4.78 is 11.0. The van der Waals surface area contributed by atoms with E-state index in [0.29, 0.717) is 36.7 Å². The van der Waals surface area contributed by atoms with Crippen molar-refractivity contribution in [3.8, 4) is 11.9 Å². The standard InChI is InChI=1S/C18H20N4O3/c1-12-16(13(2)25-21-12)10-17(23)22-8-5-15(6-9-22)24-18-14(11-19)4-3-7-20-18/h3-4,7,15H,5-6,8-10H2,1-2H3. The van der Waals surface area contributed by atoms with Crippen molar-refractivity contribution >= 4 is 5.91 Å². The van der Waals surface area contributed by atoms with E-state index >= 15 is 0 Å². The summed E-state index contributed by atoms with van der Waals surface area (Å²) in [6.45, 7) is 4.92. The molecule has 2 aromatic rings. The number of aromatic nitrogens is 2. The van der Waals surface area contributed by atoms with Gasteiger partial charge in [-0.3, -0.25) is 4.79 Å². The van der Waals surface area contributed by atoms with Crippen molar-refractivity contribution in [2.45, 2.75) is 39.2 Å². The normalized spacial score (nSPS) is 15.0. The molecule has 7 heteroatoms. The predicted octanol–water partition coefficient (Wildman–Crippen LogP) is 2.17. The molecule has 0 spiro atoms. The van der Waals surface area contributed by atoms with Crippen LogP contribution in [-0.4, -0.2) is 40.1 Å². The highest BCUT2D eigenvalue weighted by Crippen LogP contribution is 2.21. The maximum atomic E-state index is 12.5. The number of carbonyl (C=O) groups excluding carboxylic acids is 1. The van der Waals surface area contributed by atoms with Crippen LogP contribution in [-0.2, 0) is 11.2 Å². The Morgan fingerprint density at radius 2 is 2.20 bits per heavy atom. The van der Waals surface area contributed by atoms with Crippen LogP contribution in [0.25, 0.3) is 0 Å². The summed E-state index contributed by atoms with van der Waals surface area (Å²) in [5, 5.41) is 13.0. The Morgan fingerprint density at radius 1 is 1.44 bits per heavy atom. The molecule has 7 nitrogen and oxygen atoms in total. The lowest BCUT2D eigenvalue weighted by molar-refractivity contribution is -0.132. The van der Waals surface area contributed by atoms with Crippen LogP contribution in [0.5, 0.6) is 5.88 Å². The van der Waals surface area contributed by atoms with Crippen LogP contribution < -0.4 is 4.74 Å². The highest BCUT2D eigenvalue weighted by Gasteiger charge is 2.26. The van der Waals surface area contributed by atoms with Gasteiger partial charge in [-0.2, -0.15) is 5.26 Å². The highest BCUT2D eigenvalue weighted by atomic mass is 16.5. The Balaban J connectivity index is 1.55. The summed E-state index contributed by atoms with van der Waals surface area (Å²) in [6, 6.07) is 5.48. The highest BCUT2D eigenvalue weighted by molar-refractivity contribution is 5.79. The van der Waals surface area contributed by atoms with E-state index in [4.69, 9.17) is 14.5 Å². The maximum absolute atomic E-state index is 12.5. The summed E-state index contributed by atoms with van der Waals surface area (Å²) in [7, 11) is 0.